The highest BCUT2D eigenvalue weighted by atomic mass is 35.5. The smallest absolute Gasteiger partial charge is 0.0946 e. The average molecular weight is 343 g/mol. The average Bonchev–Trinajstić information content (AvgIpc) is 2.95. The molecule has 5 heteroatoms. The van der Waals surface area contributed by atoms with Gasteiger partial charge >= 0.3 is 0 Å². The summed E-state index contributed by atoms with van der Waals surface area (Å²) in [6, 6.07) is 5.72. The Labute approximate surface area is 140 Å². The van der Waals surface area contributed by atoms with Crippen LogP contribution in [0.4, 0.5) is 0 Å². The van der Waals surface area contributed by atoms with Crippen LogP contribution in [0.1, 0.15) is 32.6 Å². The molecule has 0 fully saturated rings. The van der Waals surface area contributed by atoms with Gasteiger partial charge in [-0.25, -0.2) is 4.98 Å². The Hall–Kier alpha value is -0.640. The second-order valence-electron chi connectivity index (χ2n) is 5.07. The van der Waals surface area contributed by atoms with Gasteiger partial charge in [0.15, 0.2) is 0 Å². The van der Waals surface area contributed by atoms with Crippen LogP contribution in [0.3, 0.4) is 0 Å². The fourth-order valence-electron chi connectivity index (χ4n) is 2.19. The molecule has 0 saturated heterocycles. The molecule has 21 heavy (non-hydrogen) atoms. The van der Waals surface area contributed by atoms with E-state index in [-0.39, 0.29) is 0 Å². The predicted molar refractivity (Wildman–Crippen MR) is 92.5 cm³/mol. The third kappa shape index (κ3) is 5.57. The van der Waals surface area contributed by atoms with Gasteiger partial charge in [0, 0.05) is 34.1 Å². The van der Waals surface area contributed by atoms with Crippen LogP contribution < -0.4 is 0 Å². The molecule has 0 aliphatic rings. The topological polar surface area (TPSA) is 17.8 Å². The van der Waals surface area contributed by atoms with Crippen LogP contribution in [0, 0.1) is 0 Å². The van der Waals surface area contributed by atoms with Crippen molar-refractivity contribution in [3.63, 3.8) is 0 Å². The summed E-state index contributed by atoms with van der Waals surface area (Å²) >= 11 is 14.1. The number of thioether (sulfide) groups is 1. The Kier molecular flexibility index (Phi) is 6.94. The van der Waals surface area contributed by atoms with Crippen molar-refractivity contribution < 1.29 is 0 Å². The molecule has 114 valence electrons. The van der Waals surface area contributed by atoms with E-state index in [4.69, 9.17) is 23.2 Å². The van der Waals surface area contributed by atoms with E-state index in [1.54, 1.807) is 0 Å². The molecule has 1 aromatic heterocycles. The van der Waals surface area contributed by atoms with Gasteiger partial charge in [-0.15, -0.1) is 11.8 Å². The summed E-state index contributed by atoms with van der Waals surface area (Å²) in [7, 11) is 0. The zero-order valence-corrected chi connectivity index (χ0v) is 14.5. The highest BCUT2D eigenvalue weighted by Crippen LogP contribution is 2.34. The summed E-state index contributed by atoms with van der Waals surface area (Å²) in [4.78, 5) is 5.22. The van der Waals surface area contributed by atoms with Crippen LogP contribution in [-0.2, 0) is 6.54 Å². The fourth-order valence-corrected chi connectivity index (χ4v) is 3.94. The lowest BCUT2D eigenvalue weighted by molar-refractivity contribution is 0.581. The Balaban J connectivity index is 2.03. The molecule has 2 aromatic rings. The fraction of sp³-hybridized carbons (Fsp3) is 0.438. The first kappa shape index (κ1) is 16.7. The van der Waals surface area contributed by atoms with Gasteiger partial charge in [-0.2, -0.15) is 0 Å². The monoisotopic (exact) mass is 342 g/mol. The van der Waals surface area contributed by atoms with Crippen LogP contribution in [0.25, 0.3) is 0 Å². The zero-order valence-electron chi connectivity index (χ0n) is 12.1. The molecule has 0 aliphatic heterocycles. The van der Waals surface area contributed by atoms with E-state index >= 15 is 0 Å². The molecule has 1 atom stereocenters. The van der Waals surface area contributed by atoms with Crippen LogP contribution >= 0.6 is 35.0 Å². The second-order valence-corrected chi connectivity index (χ2v) is 7.26. The number of nitrogens with zero attached hydrogens (tertiary/aromatic N) is 2. The zero-order chi connectivity index (χ0) is 15.1. The maximum Gasteiger partial charge on any atom is 0.0946 e. The number of aromatic nitrogens is 2. The van der Waals surface area contributed by atoms with Gasteiger partial charge in [0.1, 0.15) is 0 Å². The van der Waals surface area contributed by atoms with Gasteiger partial charge in [-0.05, 0) is 24.6 Å². The maximum atomic E-state index is 6.29. The molecule has 1 aromatic carbocycles. The molecule has 1 unspecified atom stereocenters. The quantitative estimate of drug-likeness (QED) is 0.437. The molecule has 2 nitrogen and oxygen atoms in total. The number of unbranched alkanes of at least 4 members (excludes halogenated alkanes) is 2. The van der Waals surface area contributed by atoms with Crippen molar-refractivity contribution in [3.8, 4) is 0 Å². The lowest BCUT2D eigenvalue weighted by atomic mass is 10.1. The van der Waals surface area contributed by atoms with E-state index in [2.05, 4.69) is 16.5 Å². The van der Waals surface area contributed by atoms with Crippen LogP contribution in [0.15, 0.2) is 41.8 Å². The van der Waals surface area contributed by atoms with Crippen LogP contribution in [0.2, 0.25) is 10.0 Å². The highest BCUT2D eigenvalue weighted by Gasteiger charge is 2.13. The minimum absolute atomic E-state index is 0.490. The van der Waals surface area contributed by atoms with E-state index in [1.807, 2.05) is 48.7 Å². The number of hydrogen-bond acceptors (Lipinski definition) is 2. The third-order valence-corrected chi connectivity index (χ3v) is 5.28. The first-order valence-corrected chi connectivity index (χ1v) is 8.90. The van der Waals surface area contributed by atoms with Gasteiger partial charge in [0.25, 0.3) is 0 Å². The van der Waals surface area contributed by atoms with E-state index in [0.717, 1.165) is 16.5 Å². The number of benzene rings is 1. The Morgan fingerprint density at radius 1 is 1.29 bits per heavy atom. The SMILES string of the molecule is CCCCCC(Cn1ccnc1)Sc1ccc(Cl)cc1Cl. The van der Waals surface area contributed by atoms with E-state index in [0.29, 0.717) is 10.3 Å². The Morgan fingerprint density at radius 3 is 2.81 bits per heavy atom. The minimum atomic E-state index is 0.490. The second kappa shape index (κ2) is 8.72. The minimum Gasteiger partial charge on any atom is -0.336 e. The molecule has 0 aliphatic carbocycles. The molecular formula is C16H20Cl2N2S. The van der Waals surface area contributed by atoms with Gasteiger partial charge in [0.05, 0.1) is 11.3 Å². The van der Waals surface area contributed by atoms with Gasteiger partial charge < -0.3 is 4.57 Å². The van der Waals surface area contributed by atoms with Crippen molar-refractivity contribution in [3.05, 3.63) is 47.0 Å². The van der Waals surface area contributed by atoms with Gasteiger partial charge in [-0.3, -0.25) is 0 Å². The van der Waals surface area contributed by atoms with Crippen molar-refractivity contribution in [2.24, 2.45) is 0 Å². The molecule has 0 spiro atoms. The molecule has 1 heterocycles. The molecule has 0 saturated carbocycles. The van der Waals surface area contributed by atoms with Crippen LogP contribution in [0.5, 0.6) is 0 Å². The summed E-state index contributed by atoms with van der Waals surface area (Å²) in [5.41, 5.74) is 0. The molecule has 0 N–H and O–H groups in total. The summed E-state index contributed by atoms with van der Waals surface area (Å²) in [5, 5.41) is 1.91. The number of hydrogen-bond donors (Lipinski definition) is 0. The lowest BCUT2D eigenvalue weighted by Crippen LogP contribution is -2.12. The summed E-state index contributed by atoms with van der Waals surface area (Å²) < 4.78 is 2.13. The van der Waals surface area contributed by atoms with Crippen LogP contribution in [-0.4, -0.2) is 14.8 Å². The molecule has 0 bridgehead atoms. The van der Waals surface area contributed by atoms with E-state index in [9.17, 15) is 0 Å². The maximum absolute atomic E-state index is 6.29. The molecule has 0 radical (unpaired) electrons. The number of rotatable bonds is 8. The summed E-state index contributed by atoms with van der Waals surface area (Å²) in [6.07, 6.45) is 10.6. The third-order valence-electron chi connectivity index (χ3n) is 3.29. The van der Waals surface area contributed by atoms with Gasteiger partial charge in [-0.1, -0.05) is 49.4 Å². The molecule has 2 rings (SSSR count). The first-order chi connectivity index (χ1) is 10.2. The van der Waals surface area contributed by atoms with Gasteiger partial charge in [0.2, 0.25) is 0 Å². The lowest BCUT2D eigenvalue weighted by Gasteiger charge is -2.18. The number of halogens is 2. The Morgan fingerprint density at radius 2 is 2.14 bits per heavy atom. The summed E-state index contributed by atoms with van der Waals surface area (Å²) in [6.45, 7) is 3.18. The first-order valence-electron chi connectivity index (χ1n) is 7.26. The van der Waals surface area contributed by atoms with E-state index < -0.39 is 0 Å². The van der Waals surface area contributed by atoms with Crippen molar-refractivity contribution in [2.75, 3.05) is 0 Å². The Bertz CT molecular complexity index is 543. The largest absolute Gasteiger partial charge is 0.336 e. The molecular weight excluding hydrogens is 323 g/mol. The normalized spacial score (nSPS) is 12.5. The molecule has 0 amide bonds. The highest BCUT2D eigenvalue weighted by molar-refractivity contribution is 8.00. The number of imidazole rings is 1. The predicted octanol–water partition coefficient (Wildman–Crippen LogP) is 5.93. The standard InChI is InChI=1S/C16H20Cl2N2S/c1-2-3-4-5-14(11-20-9-8-19-12-20)21-16-7-6-13(17)10-15(16)18/h6-10,12,14H,2-5,11H2,1H3. The van der Waals surface area contributed by atoms with E-state index in [1.165, 1.54) is 25.7 Å². The van der Waals surface area contributed by atoms with Crippen molar-refractivity contribution in [1.82, 2.24) is 9.55 Å². The van der Waals surface area contributed by atoms with Crippen molar-refractivity contribution in [1.29, 1.82) is 0 Å². The summed E-state index contributed by atoms with van der Waals surface area (Å²) in [5.74, 6) is 0. The van der Waals surface area contributed by atoms with Crippen molar-refractivity contribution >= 4 is 35.0 Å². The van der Waals surface area contributed by atoms with Crippen molar-refractivity contribution in [2.45, 2.75) is 49.3 Å².